The van der Waals surface area contributed by atoms with Gasteiger partial charge in [0, 0.05) is 19.1 Å². The number of rotatable bonds is 5. The van der Waals surface area contributed by atoms with E-state index in [9.17, 15) is 0 Å². The summed E-state index contributed by atoms with van der Waals surface area (Å²) in [5.41, 5.74) is 0. The highest BCUT2D eigenvalue weighted by atomic mass is 16.5. The summed E-state index contributed by atoms with van der Waals surface area (Å²) in [5, 5.41) is 3.33. The van der Waals surface area contributed by atoms with Crippen molar-refractivity contribution in [2.45, 2.75) is 25.8 Å². The zero-order valence-electron chi connectivity index (χ0n) is 12.7. The number of methoxy groups -OCH3 is 2. The second kappa shape index (κ2) is 6.74. The van der Waals surface area contributed by atoms with Crippen LogP contribution in [-0.4, -0.2) is 50.4 Å². The molecular weight excluding hydrogens is 256 g/mol. The van der Waals surface area contributed by atoms with E-state index in [2.05, 4.69) is 27.1 Å². The number of aromatic nitrogens is 2. The zero-order valence-corrected chi connectivity index (χ0v) is 12.7. The van der Waals surface area contributed by atoms with Crippen LogP contribution in [0.25, 0.3) is 0 Å². The second-order valence-corrected chi connectivity index (χ2v) is 5.18. The van der Waals surface area contributed by atoms with Crippen molar-refractivity contribution < 1.29 is 9.47 Å². The minimum atomic E-state index is 0.491. The van der Waals surface area contributed by atoms with Crippen LogP contribution in [0.15, 0.2) is 6.07 Å². The maximum absolute atomic E-state index is 5.21. The third-order valence-electron chi connectivity index (χ3n) is 3.99. The summed E-state index contributed by atoms with van der Waals surface area (Å²) in [5.74, 6) is 2.37. The minimum Gasteiger partial charge on any atom is -0.481 e. The average Bonchev–Trinajstić information content (AvgIpc) is 2.53. The molecule has 1 aliphatic rings. The first-order valence-corrected chi connectivity index (χ1v) is 7.07. The normalized spacial score (nSPS) is 20.6. The van der Waals surface area contributed by atoms with Crippen molar-refractivity contribution >= 4 is 5.95 Å². The Morgan fingerprint density at radius 2 is 1.95 bits per heavy atom. The highest BCUT2D eigenvalue weighted by Gasteiger charge is 2.25. The highest BCUT2D eigenvalue weighted by molar-refractivity contribution is 5.37. The topological polar surface area (TPSA) is 59.5 Å². The van der Waals surface area contributed by atoms with Gasteiger partial charge in [-0.2, -0.15) is 9.97 Å². The highest BCUT2D eigenvalue weighted by Crippen LogP contribution is 2.26. The number of hydrogen-bond acceptors (Lipinski definition) is 6. The number of hydrogen-bond donors (Lipinski definition) is 1. The molecule has 1 N–H and O–H groups in total. The van der Waals surface area contributed by atoms with Gasteiger partial charge >= 0.3 is 0 Å². The van der Waals surface area contributed by atoms with Gasteiger partial charge in [0.05, 0.1) is 20.3 Å². The first kappa shape index (κ1) is 14.8. The van der Waals surface area contributed by atoms with E-state index < -0.39 is 0 Å². The molecule has 6 nitrogen and oxygen atoms in total. The fourth-order valence-corrected chi connectivity index (χ4v) is 2.58. The lowest BCUT2D eigenvalue weighted by Gasteiger charge is -2.35. The second-order valence-electron chi connectivity index (χ2n) is 5.18. The van der Waals surface area contributed by atoms with Gasteiger partial charge in [-0.1, -0.05) is 0 Å². The molecule has 6 heteroatoms. The molecule has 0 spiro atoms. The molecule has 0 amide bonds. The molecule has 2 rings (SSSR count). The van der Waals surface area contributed by atoms with E-state index in [0.29, 0.717) is 29.7 Å². The van der Waals surface area contributed by atoms with E-state index in [1.807, 2.05) is 7.05 Å². The zero-order chi connectivity index (χ0) is 14.5. The van der Waals surface area contributed by atoms with Gasteiger partial charge in [-0.25, -0.2) is 0 Å². The van der Waals surface area contributed by atoms with E-state index in [-0.39, 0.29) is 0 Å². The minimum absolute atomic E-state index is 0.491. The first-order chi connectivity index (χ1) is 9.67. The van der Waals surface area contributed by atoms with Crippen LogP contribution in [0.5, 0.6) is 11.8 Å². The van der Waals surface area contributed by atoms with E-state index in [4.69, 9.17) is 9.47 Å². The fraction of sp³-hybridized carbons (Fsp3) is 0.714. The van der Waals surface area contributed by atoms with E-state index >= 15 is 0 Å². The lowest BCUT2D eigenvalue weighted by atomic mass is 9.92. The van der Waals surface area contributed by atoms with E-state index in [1.54, 1.807) is 20.3 Å². The van der Waals surface area contributed by atoms with Gasteiger partial charge in [-0.05, 0) is 32.7 Å². The quantitative estimate of drug-likeness (QED) is 0.878. The monoisotopic (exact) mass is 280 g/mol. The SMILES string of the molecule is CNC(C)C1CCCN(c2nc(OC)cc(OC)n2)C1. The van der Waals surface area contributed by atoms with Crippen molar-refractivity contribution in [3.63, 3.8) is 0 Å². The Bertz CT molecular complexity index is 419. The van der Waals surface area contributed by atoms with E-state index in [1.165, 1.54) is 6.42 Å². The molecule has 2 unspecified atom stereocenters. The van der Waals surface area contributed by atoms with Crippen molar-refractivity contribution in [2.75, 3.05) is 39.3 Å². The Balaban J connectivity index is 2.17. The number of piperidine rings is 1. The molecule has 0 saturated carbocycles. The molecule has 0 bridgehead atoms. The largest absolute Gasteiger partial charge is 0.481 e. The molecule has 2 heterocycles. The number of anilines is 1. The van der Waals surface area contributed by atoms with Crippen LogP contribution >= 0.6 is 0 Å². The molecule has 2 atom stereocenters. The predicted molar refractivity (Wildman–Crippen MR) is 78.6 cm³/mol. The molecule has 1 aliphatic heterocycles. The van der Waals surface area contributed by atoms with E-state index in [0.717, 1.165) is 19.5 Å². The van der Waals surface area contributed by atoms with Crippen LogP contribution in [0.1, 0.15) is 19.8 Å². The predicted octanol–water partition coefficient (Wildman–Crippen LogP) is 1.32. The number of nitrogens with zero attached hydrogens (tertiary/aromatic N) is 3. The molecule has 0 aromatic carbocycles. The Morgan fingerprint density at radius 3 is 2.50 bits per heavy atom. The lowest BCUT2D eigenvalue weighted by molar-refractivity contribution is 0.327. The summed E-state index contributed by atoms with van der Waals surface area (Å²) in [6.45, 7) is 4.16. The van der Waals surface area contributed by atoms with Gasteiger partial charge in [0.2, 0.25) is 17.7 Å². The van der Waals surface area contributed by atoms with Crippen molar-refractivity contribution in [1.29, 1.82) is 0 Å². The van der Waals surface area contributed by atoms with Crippen molar-refractivity contribution in [2.24, 2.45) is 5.92 Å². The Kier molecular flexibility index (Phi) is 5.00. The summed E-state index contributed by atoms with van der Waals surface area (Å²) < 4.78 is 10.4. The fourth-order valence-electron chi connectivity index (χ4n) is 2.58. The third kappa shape index (κ3) is 3.30. The molecule has 1 saturated heterocycles. The maximum Gasteiger partial charge on any atom is 0.231 e. The van der Waals surface area contributed by atoms with Gasteiger partial charge in [0.25, 0.3) is 0 Å². The van der Waals surface area contributed by atoms with Crippen molar-refractivity contribution in [3.05, 3.63) is 6.07 Å². The number of nitrogens with one attached hydrogen (secondary N) is 1. The van der Waals surface area contributed by atoms with Gasteiger partial charge in [-0.15, -0.1) is 0 Å². The van der Waals surface area contributed by atoms with Crippen LogP contribution in [0.4, 0.5) is 5.95 Å². The molecule has 1 aromatic rings. The van der Waals surface area contributed by atoms with Crippen LogP contribution in [0.2, 0.25) is 0 Å². The Labute approximate surface area is 120 Å². The lowest BCUT2D eigenvalue weighted by Crippen LogP contribution is -2.44. The van der Waals surface area contributed by atoms with Crippen LogP contribution in [0.3, 0.4) is 0 Å². The van der Waals surface area contributed by atoms with Crippen molar-refractivity contribution in [3.8, 4) is 11.8 Å². The summed E-state index contributed by atoms with van der Waals surface area (Å²) in [6.07, 6.45) is 2.39. The van der Waals surface area contributed by atoms with Crippen LogP contribution in [-0.2, 0) is 0 Å². The van der Waals surface area contributed by atoms with Crippen LogP contribution in [0, 0.1) is 5.92 Å². The summed E-state index contributed by atoms with van der Waals surface area (Å²) in [4.78, 5) is 11.1. The van der Waals surface area contributed by atoms with Gasteiger partial charge in [-0.3, -0.25) is 0 Å². The molecule has 0 radical (unpaired) electrons. The molecular formula is C14H24N4O2. The third-order valence-corrected chi connectivity index (χ3v) is 3.99. The maximum atomic E-state index is 5.21. The van der Waals surface area contributed by atoms with Crippen LogP contribution < -0.4 is 19.7 Å². The standard InChI is InChI=1S/C14H24N4O2/c1-10(15-2)11-6-5-7-18(9-11)14-16-12(19-3)8-13(17-14)20-4/h8,10-11,15H,5-7,9H2,1-4H3. The summed E-state index contributed by atoms with van der Waals surface area (Å²) in [7, 11) is 5.22. The number of ether oxygens (including phenoxy) is 2. The summed E-state index contributed by atoms with van der Waals surface area (Å²) in [6, 6.07) is 2.19. The summed E-state index contributed by atoms with van der Waals surface area (Å²) >= 11 is 0. The molecule has 112 valence electrons. The molecule has 1 fully saturated rings. The molecule has 1 aromatic heterocycles. The van der Waals surface area contributed by atoms with Crippen molar-refractivity contribution in [1.82, 2.24) is 15.3 Å². The first-order valence-electron chi connectivity index (χ1n) is 7.07. The molecule has 0 aliphatic carbocycles. The van der Waals surface area contributed by atoms with Gasteiger partial charge in [0.1, 0.15) is 0 Å². The Morgan fingerprint density at radius 1 is 1.30 bits per heavy atom. The van der Waals surface area contributed by atoms with Gasteiger partial charge in [0.15, 0.2) is 0 Å². The average molecular weight is 280 g/mol. The smallest absolute Gasteiger partial charge is 0.231 e. The van der Waals surface area contributed by atoms with Gasteiger partial charge < -0.3 is 19.7 Å². The molecule has 20 heavy (non-hydrogen) atoms. The Hall–Kier alpha value is -1.56.